The van der Waals surface area contributed by atoms with E-state index in [1.54, 1.807) is 28.0 Å². The van der Waals surface area contributed by atoms with Gasteiger partial charge in [-0.25, -0.2) is 4.98 Å². The van der Waals surface area contributed by atoms with Gasteiger partial charge in [0.2, 0.25) is 5.91 Å². The molecule has 3 aromatic rings. The first-order valence-electron chi connectivity index (χ1n) is 9.71. The molecule has 2 aromatic heterocycles. The standard InChI is InChI=1S/C21H23N5O3/c27-20(17-8-10-25(11-9-17)21(28)19-7-4-12-29-19)24-18(13-26-15-22-14-23-26)16-5-2-1-3-6-16/h1-7,12,14-15,17-18H,8-11,13H2,(H,24,27). The Morgan fingerprint density at radius 1 is 1.14 bits per heavy atom. The second-order valence-electron chi connectivity index (χ2n) is 7.13. The average Bonchev–Trinajstić information content (AvgIpc) is 3.48. The first-order chi connectivity index (χ1) is 14.2. The molecule has 1 N–H and O–H groups in total. The molecular weight excluding hydrogens is 370 g/mol. The summed E-state index contributed by atoms with van der Waals surface area (Å²) in [4.78, 5) is 31.1. The normalized spacial score (nSPS) is 15.8. The zero-order valence-electron chi connectivity index (χ0n) is 16.0. The van der Waals surface area contributed by atoms with Crippen LogP contribution in [-0.4, -0.2) is 44.6 Å². The fourth-order valence-electron chi connectivity index (χ4n) is 3.62. The van der Waals surface area contributed by atoms with Crippen molar-refractivity contribution in [3.63, 3.8) is 0 Å². The molecule has 1 aliphatic rings. The molecule has 2 amide bonds. The van der Waals surface area contributed by atoms with Gasteiger partial charge >= 0.3 is 0 Å². The van der Waals surface area contributed by atoms with Gasteiger partial charge in [-0.05, 0) is 30.5 Å². The Labute approximate surface area is 168 Å². The van der Waals surface area contributed by atoms with Gasteiger partial charge in [0.05, 0.1) is 18.8 Å². The quantitative estimate of drug-likeness (QED) is 0.694. The van der Waals surface area contributed by atoms with Gasteiger partial charge in [0.15, 0.2) is 5.76 Å². The predicted octanol–water partition coefficient (Wildman–Crippen LogP) is 2.28. The number of nitrogens with one attached hydrogen (secondary N) is 1. The summed E-state index contributed by atoms with van der Waals surface area (Å²) in [6.45, 7) is 1.58. The van der Waals surface area contributed by atoms with E-state index in [1.807, 2.05) is 30.3 Å². The van der Waals surface area contributed by atoms with Gasteiger partial charge in [-0.2, -0.15) is 5.10 Å². The maximum absolute atomic E-state index is 12.9. The van der Waals surface area contributed by atoms with Crippen LogP contribution in [0.1, 0.15) is 35.0 Å². The molecule has 0 spiro atoms. The van der Waals surface area contributed by atoms with Crippen LogP contribution in [0.2, 0.25) is 0 Å². The first-order valence-corrected chi connectivity index (χ1v) is 9.71. The lowest BCUT2D eigenvalue weighted by Crippen LogP contribution is -2.44. The maximum atomic E-state index is 12.9. The zero-order valence-corrected chi connectivity index (χ0v) is 16.0. The summed E-state index contributed by atoms with van der Waals surface area (Å²) in [5.74, 6) is 0.0914. The van der Waals surface area contributed by atoms with E-state index in [1.165, 1.54) is 12.6 Å². The summed E-state index contributed by atoms with van der Waals surface area (Å²) >= 11 is 0. The van der Waals surface area contributed by atoms with Gasteiger partial charge in [0.1, 0.15) is 12.7 Å². The lowest BCUT2D eigenvalue weighted by molar-refractivity contribution is -0.127. The summed E-state index contributed by atoms with van der Waals surface area (Å²) in [5.41, 5.74) is 1.02. The van der Waals surface area contributed by atoms with E-state index >= 15 is 0 Å². The van der Waals surface area contributed by atoms with Gasteiger partial charge in [0.25, 0.3) is 5.91 Å². The van der Waals surface area contributed by atoms with E-state index < -0.39 is 0 Å². The number of hydrogen-bond acceptors (Lipinski definition) is 5. The number of rotatable bonds is 6. The average molecular weight is 393 g/mol. The van der Waals surface area contributed by atoms with E-state index in [0.717, 1.165) is 5.56 Å². The number of nitrogens with zero attached hydrogens (tertiary/aromatic N) is 4. The van der Waals surface area contributed by atoms with E-state index in [-0.39, 0.29) is 23.8 Å². The van der Waals surface area contributed by atoms with Crippen molar-refractivity contribution in [1.82, 2.24) is 25.0 Å². The van der Waals surface area contributed by atoms with Crippen LogP contribution in [0.15, 0.2) is 65.8 Å². The number of benzene rings is 1. The minimum absolute atomic E-state index is 0.00376. The van der Waals surface area contributed by atoms with Crippen LogP contribution in [0.3, 0.4) is 0 Å². The topological polar surface area (TPSA) is 93.3 Å². The fraction of sp³-hybridized carbons (Fsp3) is 0.333. The molecule has 8 heteroatoms. The SMILES string of the molecule is O=C(NC(Cn1cncn1)c1ccccc1)C1CCN(C(=O)c2ccco2)CC1. The minimum Gasteiger partial charge on any atom is -0.459 e. The Morgan fingerprint density at radius 3 is 2.59 bits per heavy atom. The largest absolute Gasteiger partial charge is 0.459 e. The van der Waals surface area contributed by atoms with Gasteiger partial charge in [-0.1, -0.05) is 30.3 Å². The molecule has 1 aliphatic heterocycles. The third kappa shape index (κ3) is 4.53. The molecule has 1 saturated heterocycles. The van der Waals surface area contributed by atoms with Crippen molar-refractivity contribution in [2.45, 2.75) is 25.4 Å². The number of hydrogen-bond donors (Lipinski definition) is 1. The zero-order chi connectivity index (χ0) is 20.1. The van der Waals surface area contributed by atoms with Crippen molar-refractivity contribution >= 4 is 11.8 Å². The lowest BCUT2D eigenvalue weighted by atomic mass is 9.94. The summed E-state index contributed by atoms with van der Waals surface area (Å²) in [6.07, 6.45) is 5.87. The fourth-order valence-corrected chi connectivity index (χ4v) is 3.62. The van der Waals surface area contributed by atoms with E-state index in [2.05, 4.69) is 15.4 Å². The van der Waals surface area contributed by atoms with Crippen LogP contribution in [0.4, 0.5) is 0 Å². The molecule has 1 fully saturated rings. The Hall–Kier alpha value is -3.42. The highest BCUT2D eigenvalue weighted by Gasteiger charge is 2.30. The molecule has 1 unspecified atom stereocenters. The number of carbonyl (C=O) groups excluding carboxylic acids is 2. The Bertz CT molecular complexity index is 917. The molecular formula is C21H23N5O3. The smallest absolute Gasteiger partial charge is 0.289 e. The van der Waals surface area contributed by atoms with Crippen LogP contribution < -0.4 is 5.32 Å². The third-order valence-corrected chi connectivity index (χ3v) is 5.24. The van der Waals surface area contributed by atoms with Crippen molar-refractivity contribution in [1.29, 1.82) is 0 Å². The van der Waals surface area contributed by atoms with Gasteiger partial charge in [0, 0.05) is 19.0 Å². The number of amides is 2. The molecule has 3 heterocycles. The van der Waals surface area contributed by atoms with Crippen molar-refractivity contribution in [2.75, 3.05) is 13.1 Å². The number of aromatic nitrogens is 3. The van der Waals surface area contributed by atoms with Crippen LogP contribution in [0, 0.1) is 5.92 Å². The number of piperidine rings is 1. The van der Waals surface area contributed by atoms with Crippen LogP contribution in [0.25, 0.3) is 0 Å². The molecule has 150 valence electrons. The highest BCUT2D eigenvalue weighted by atomic mass is 16.3. The van der Waals surface area contributed by atoms with E-state index in [9.17, 15) is 9.59 Å². The van der Waals surface area contributed by atoms with Crippen molar-refractivity contribution in [3.8, 4) is 0 Å². The Kier molecular flexibility index (Phi) is 5.69. The van der Waals surface area contributed by atoms with Crippen LogP contribution in [-0.2, 0) is 11.3 Å². The molecule has 0 aliphatic carbocycles. The number of carbonyl (C=O) groups is 2. The first kappa shape index (κ1) is 18.9. The minimum atomic E-state index is -0.201. The van der Waals surface area contributed by atoms with Gasteiger partial charge in [-0.3, -0.25) is 14.3 Å². The Balaban J connectivity index is 1.37. The monoisotopic (exact) mass is 393 g/mol. The molecule has 8 nitrogen and oxygen atoms in total. The molecule has 0 radical (unpaired) electrons. The maximum Gasteiger partial charge on any atom is 0.289 e. The molecule has 29 heavy (non-hydrogen) atoms. The van der Waals surface area contributed by atoms with E-state index in [4.69, 9.17) is 4.42 Å². The molecule has 1 atom stereocenters. The molecule has 1 aromatic carbocycles. The van der Waals surface area contributed by atoms with Crippen molar-refractivity contribution in [2.24, 2.45) is 5.92 Å². The highest BCUT2D eigenvalue weighted by Crippen LogP contribution is 2.22. The molecule has 0 bridgehead atoms. The van der Waals surface area contributed by atoms with Gasteiger partial charge in [-0.15, -0.1) is 0 Å². The second-order valence-corrected chi connectivity index (χ2v) is 7.13. The van der Waals surface area contributed by atoms with Crippen molar-refractivity contribution in [3.05, 3.63) is 72.7 Å². The van der Waals surface area contributed by atoms with Crippen molar-refractivity contribution < 1.29 is 14.0 Å². The summed E-state index contributed by atoms with van der Waals surface area (Å²) in [5, 5.41) is 7.32. The second kappa shape index (κ2) is 8.72. The highest BCUT2D eigenvalue weighted by molar-refractivity contribution is 5.91. The van der Waals surface area contributed by atoms with Crippen LogP contribution >= 0.6 is 0 Å². The molecule has 0 saturated carbocycles. The molecule has 4 rings (SSSR count). The Morgan fingerprint density at radius 2 is 1.93 bits per heavy atom. The van der Waals surface area contributed by atoms with E-state index in [0.29, 0.717) is 38.2 Å². The predicted molar refractivity (Wildman–Crippen MR) is 105 cm³/mol. The number of furan rings is 1. The van der Waals surface area contributed by atoms with Gasteiger partial charge < -0.3 is 14.6 Å². The third-order valence-electron chi connectivity index (χ3n) is 5.24. The number of likely N-dealkylation sites (tertiary alicyclic amines) is 1. The summed E-state index contributed by atoms with van der Waals surface area (Å²) in [6, 6.07) is 13.0. The summed E-state index contributed by atoms with van der Waals surface area (Å²) < 4.78 is 6.90. The lowest BCUT2D eigenvalue weighted by Gasteiger charge is -2.31. The summed E-state index contributed by atoms with van der Waals surface area (Å²) in [7, 11) is 0. The van der Waals surface area contributed by atoms with Crippen LogP contribution in [0.5, 0.6) is 0 Å².